The van der Waals surface area contributed by atoms with Gasteiger partial charge < -0.3 is 15.0 Å². The summed E-state index contributed by atoms with van der Waals surface area (Å²) in [7, 11) is 1.62. The predicted molar refractivity (Wildman–Crippen MR) is 136 cm³/mol. The van der Waals surface area contributed by atoms with E-state index in [-0.39, 0.29) is 17.9 Å². The number of thiazole rings is 2. The van der Waals surface area contributed by atoms with Crippen molar-refractivity contribution < 1.29 is 14.3 Å². The number of aromatic nitrogens is 3. The Morgan fingerprint density at radius 2 is 2.12 bits per heavy atom. The SMILES string of the molecule is COc1cccc(-c2sc(C)nc2C(=O)N2CSC[C@H]2CNC(=O)c2c(C)nc3sccn23)c1. The minimum absolute atomic E-state index is 0.118. The Morgan fingerprint density at radius 3 is 2.94 bits per heavy atom. The Balaban J connectivity index is 1.34. The number of aryl methyl sites for hydroxylation is 2. The van der Waals surface area contributed by atoms with Crippen molar-refractivity contribution in [3.05, 3.63) is 57.9 Å². The quantitative estimate of drug-likeness (QED) is 0.418. The zero-order valence-electron chi connectivity index (χ0n) is 18.9. The summed E-state index contributed by atoms with van der Waals surface area (Å²) < 4.78 is 7.16. The highest BCUT2D eigenvalue weighted by Gasteiger charge is 2.33. The largest absolute Gasteiger partial charge is 0.497 e. The number of imidazole rings is 1. The highest BCUT2D eigenvalue weighted by atomic mass is 32.2. The molecule has 0 aliphatic carbocycles. The predicted octanol–water partition coefficient (Wildman–Crippen LogP) is 4.09. The Labute approximate surface area is 209 Å². The lowest BCUT2D eigenvalue weighted by atomic mass is 10.1. The number of methoxy groups -OCH3 is 1. The van der Waals surface area contributed by atoms with E-state index in [1.807, 2.05) is 54.6 Å². The number of hydrogen-bond acceptors (Lipinski definition) is 8. The molecule has 3 aromatic heterocycles. The van der Waals surface area contributed by atoms with Crippen molar-refractivity contribution in [1.29, 1.82) is 0 Å². The van der Waals surface area contributed by atoms with Crippen molar-refractivity contribution in [2.45, 2.75) is 19.9 Å². The standard InChI is InChI=1S/C23H23N5O3S3/c1-13-19(27-7-8-33-23(27)25-13)21(29)24-10-16-11-32-12-28(16)22(30)18-20(34-14(2)26-18)15-5-4-6-17(9-15)31-3/h4-9,16H,10-12H2,1-3H3,(H,24,29)/t16-/m1/s1. The maximum absolute atomic E-state index is 13.6. The number of hydrogen-bond donors (Lipinski definition) is 1. The molecule has 0 bridgehead atoms. The molecular weight excluding hydrogens is 490 g/mol. The molecule has 0 radical (unpaired) electrons. The molecule has 1 N–H and O–H groups in total. The van der Waals surface area contributed by atoms with Crippen LogP contribution >= 0.6 is 34.4 Å². The van der Waals surface area contributed by atoms with Crippen LogP contribution in [0.5, 0.6) is 5.75 Å². The normalized spacial score (nSPS) is 15.7. The Kier molecular flexibility index (Phi) is 6.32. The molecule has 1 atom stereocenters. The van der Waals surface area contributed by atoms with E-state index < -0.39 is 0 Å². The van der Waals surface area contributed by atoms with Gasteiger partial charge in [-0.3, -0.25) is 14.0 Å². The fourth-order valence-electron chi connectivity index (χ4n) is 4.01. The first-order valence-electron chi connectivity index (χ1n) is 10.7. The van der Waals surface area contributed by atoms with E-state index in [9.17, 15) is 9.59 Å². The first kappa shape index (κ1) is 22.9. The van der Waals surface area contributed by atoms with E-state index in [4.69, 9.17) is 4.74 Å². The molecule has 34 heavy (non-hydrogen) atoms. The average Bonchev–Trinajstić information content (AvgIpc) is 3.61. The molecule has 2 amide bonds. The zero-order valence-corrected chi connectivity index (χ0v) is 21.4. The molecular formula is C23H23N5O3S3. The molecule has 4 aromatic rings. The van der Waals surface area contributed by atoms with Gasteiger partial charge in [-0.2, -0.15) is 0 Å². The van der Waals surface area contributed by atoms with Crippen LogP contribution in [-0.4, -0.2) is 62.4 Å². The molecule has 4 heterocycles. The van der Waals surface area contributed by atoms with Gasteiger partial charge in [-0.15, -0.1) is 34.4 Å². The van der Waals surface area contributed by atoms with Crippen LogP contribution in [-0.2, 0) is 0 Å². The van der Waals surface area contributed by atoms with Gasteiger partial charge in [0.2, 0.25) is 0 Å². The lowest BCUT2D eigenvalue weighted by molar-refractivity contribution is 0.0731. The van der Waals surface area contributed by atoms with Crippen molar-refractivity contribution in [2.24, 2.45) is 0 Å². The summed E-state index contributed by atoms with van der Waals surface area (Å²) >= 11 is 4.66. The Bertz CT molecular complexity index is 1380. The lowest BCUT2D eigenvalue weighted by Crippen LogP contribution is -2.44. The van der Waals surface area contributed by atoms with Crippen LogP contribution in [0.15, 0.2) is 35.8 Å². The smallest absolute Gasteiger partial charge is 0.275 e. The fourth-order valence-corrected chi connectivity index (χ4v) is 6.87. The van der Waals surface area contributed by atoms with Gasteiger partial charge in [-0.05, 0) is 31.5 Å². The van der Waals surface area contributed by atoms with E-state index >= 15 is 0 Å². The minimum atomic E-state index is -0.186. The maximum Gasteiger partial charge on any atom is 0.275 e. The van der Waals surface area contributed by atoms with Crippen LogP contribution < -0.4 is 10.1 Å². The Morgan fingerprint density at radius 1 is 1.26 bits per heavy atom. The van der Waals surface area contributed by atoms with Gasteiger partial charge in [-0.25, -0.2) is 9.97 Å². The van der Waals surface area contributed by atoms with E-state index in [1.54, 1.807) is 23.3 Å². The third-order valence-corrected chi connectivity index (χ3v) is 8.52. The third-order valence-electron chi connectivity index (χ3n) is 5.66. The number of rotatable bonds is 6. The average molecular weight is 514 g/mol. The van der Waals surface area contributed by atoms with E-state index in [0.717, 1.165) is 31.9 Å². The minimum Gasteiger partial charge on any atom is -0.497 e. The van der Waals surface area contributed by atoms with Gasteiger partial charge in [-0.1, -0.05) is 12.1 Å². The van der Waals surface area contributed by atoms with Crippen molar-refractivity contribution in [2.75, 3.05) is 25.3 Å². The second-order valence-electron chi connectivity index (χ2n) is 7.88. The third kappa shape index (κ3) is 4.19. The number of carbonyl (C=O) groups is 2. The topological polar surface area (TPSA) is 88.8 Å². The lowest BCUT2D eigenvalue weighted by Gasteiger charge is -2.23. The molecule has 5 rings (SSSR count). The number of fused-ring (bicyclic) bond motifs is 1. The summed E-state index contributed by atoms with van der Waals surface area (Å²) in [6.07, 6.45) is 1.85. The number of carbonyl (C=O) groups excluding carboxylic acids is 2. The molecule has 1 aliphatic rings. The number of thioether (sulfide) groups is 1. The highest BCUT2D eigenvalue weighted by Crippen LogP contribution is 2.34. The number of nitrogens with one attached hydrogen (secondary N) is 1. The number of benzene rings is 1. The van der Waals surface area contributed by atoms with Crippen LogP contribution in [0.1, 0.15) is 31.7 Å². The summed E-state index contributed by atoms with van der Waals surface area (Å²) in [5.74, 6) is 1.74. The molecule has 1 aliphatic heterocycles. The van der Waals surface area contributed by atoms with Crippen LogP contribution in [0.25, 0.3) is 15.4 Å². The van der Waals surface area contributed by atoms with Gasteiger partial charge in [0.25, 0.3) is 11.8 Å². The van der Waals surface area contributed by atoms with Crippen molar-refractivity contribution >= 4 is 51.2 Å². The van der Waals surface area contributed by atoms with E-state index in [2.05, 4.69) is 15.3 Å². The molecule has 8 nitrogen and oxygen atoms in total. The monoisotopic (exact) mass is 513 g/mol. The van der Waals surface area contributed by atoms with Crippen LogP contribution in [0.3, 0.4) is 0 Å². The fraction of sp³-hybridized carbons (Fsp3) is 0.304. The highest BCUT2D eigenvalue weighted by molar-refractivity contribution is 7.99. The van der Waals surface area contributed by atoms with Gasteiger partial charge >= 0.3 is 0 Å². The summed E-state index contributed by atoms with van der Waals surface area (Å²) in [4.78, 5) is 39.0. The summed E-state index contributed by atoms with van der Waals surface area (Å²) in [6, 6.07) is 7.54. The number of ether oxygens (including phenoxy) is 1. The molecule has 176 valence electrons. The number of nitrogens with zero attached hydrogens (tertiary/aromatic N) is 4. The number of amides is 2. The van der Waals surface area contributed by atoms with Crippen molar-refractivity contribution in [3.63, 3.8) is 0 Å². The van der Waals surface area contributed by atoms with Crippen LogP contribution in [0.4, 0.5) is 0 Å². The maximum atomic E-state index is 13.6. The molecule has 0 saturated carbocycles. The zero-order chi connectivity index (χ0) is 23.8. The first-order chi connectivity index (χ1) is 16.5. The van der Waals surface area contributed by atoms with Crippen LogP contribution in [0.2, 0.25) is 0 Å². The second-order valence-corrected chi connectivity index (χ2v) is 11.0. The summed E-state index contributed by atoms with van der Waals surface area (Å²) in [5, 5.41) is 5.75. The van der Waals surface area contributed by atoms with Gasteiger partial charge in [0.05, 0.1) is 34.6 Å². The molecule has 1 fully saturated rings. The van der Waals surface area contributed by atoms with Gasteiger partial charge in [0, 0.05) is 23.9 Å². The van der Waals surface area contributed by atoms with Gasteiger partial charge in [0.1, 0.15) is 17.1 Å². The van der Waals surface area contributed by atoms with E-state index in [1.165, 1.54) is 22.7 Å². The summed E-state index contributed by atoms with van der Waals surface area (Å²) in [5.41, 5.74) is 2.58. The molecule has 1 saturated heterocycles. The Hall–Kier alpha value is -2.89. The van der Waals surface area contributed by atoms with Gasteiger partial charge in [0.15, 0.2) is 4.96 Å². The molecule has 1 aromatic carbocycles. The van der Waals surface area contributed by atoms with Crippen molar-refractivity contribution in [3.8, 4) is 16.2 Å². The first-order valence-corrected chi connectivity index (χ1v) is 13.5. The van der Waals surface area contributed by atoms with Crippen molar-refractivity contribution in [1.82, 2.24) is 24.6 Å². The second kappa shape index (κ2) is 9.40. The molecule has 0 unspecified atom stereocenters. The van der Waals surface area contributed by atoms with Crippen LogP contribution in [0, 0.1) is 13.8 Å². The van der Waals surface area contributed by atoms with E-state index in [0.29, 0.717) is 29.5 Å². The molecule has 11 heteroatoms. The summed E-state index contributed by atoms with van der Waals surface area (Å²) in [6.45, 7) is 4.10. The molecule has 0 spiro atoms.